The van der Waals surface area contributed by atoms with Crippen LogP contribution in [0.3, 0.4) is 0 Å². The highest BCUT2D eigenvalue weighted by molar-refractivity contribution is 5.97. The Morgan fingerprint density at radius 2 is 2.25 bits per heavy atom. The van der Waals surface area contributed by atoms with Crippen LogP contribution in [0.25, 0.3) is 0 Å². The number of ketones is 1. The Morgan fingerprint density at radius 1 is 1.50 bits per heavy atom. The van der Waals surface area contributed by atoms with E-state index in [1.165, 1.54) is 0 Å². The molecule has 0 bridgehead atoms. The Bertz CT molecular complexity index is 513. The molecule has 6 heteroatoms. The molecule has 0 spiro atoms. The molecule has 6 nitrogen and oxygen atoms in total. The first kappa shape index (κ1) is 10.6. The number of hydrogen-bond acceptors (Lipinski definition) is 4. The van der Waals surface area contributed by atoms with Gasteiger partial charge < -0.3 is 10.3 Å². The van der Waals surface area contributed by atoms with Gasteiger partial charge in [-0.05, 0) is 0 Å². The maximum absolute atomic E-state index is 12.0. The smallest absolute Gasteiger partial charge is 0.219 e. The lowest BCUT2D eigenvalue weighted by Gasteiger charge is -2.07. The quantitative estimate of drug-likeness (QED) is 0.739. The summed E-state index contributed by atoms with van der Waals surface area (Å²) in [5.74, 6) is 0.150. The van der Waals surface area contributed by atoms with Crippen molar-refractivity contribution in [3.63, 3.8) is 0 Å². The maximum atomic E-state index is 12.0. The summed E-state index contributed by atoms with van der Waals surface area (Å²) in [6.07, 6.45) is 6.60. The van der Waals surface area contributed by atoms with Gasteiger partial charge in [0, 0.05) is 38.2 Å². The summed E-state index contributed by atoms with van der Waals surface area (Å²) >= 11 is 0. The molecule has 1 unspecified atom stereocenters. The summed E-state index contributed by atoms with van der Waals surface area (Å²) in [4.78, 5) is 16.0. The van der Waals surface area contributed by atoms with Crippen molar-refractivity contribution in [1.82, 2.24) is 19.3 Å². The minimum Gasteiger partial charge on any atom is -0.332 e. The number of aromatic nitrogens is 4. The average Bonchev–Trinajstić information content (AvgIpc) is 2.85. The van der Waals surface area contributed by atoms with Crippen LogP contribution in [0.4, 0.5) is 0 Å². The molecule has 16 heavy (non-hydrogen) atoms. The molecule has 0 amide bonds. The summed E-state index contributed by atoms with van der Waals surface area (Å²) in [6.45, 7) is 0. The number of aryl methyl sites for hydroxylation is 2. The molecular weight excluding hydrogens is 206 g/mol. The van der Waals surface area contributed by atoms with Crippen LogP contribution in [0.5, 0.6) is 0 Å². The predicted molar refractivity (Wildman–Crippen MR) is 57.7 cm³/mol. The summed E-state index contributed by atoms with van der Waals surface area (Å²) < 4.78 is 3.26. The minimum atomic E-state index is -0.713. The van der Waals surface area contributed by atoms with Crippen LogP contribution in [0.1, 0.15) is 22.2 Å². The molecule has 0 aromatic carbocycles. The summed E-state index contributed by atoms with van der Waals surface area (Å²) in [7, 11) is 3.54. The molecular formula is C10H13N5O. The molecule has 2 rings (SSSR count). The summed E-state index contributed by atoms with van der Waals surface area (Å²) in [5.41, 5.74) is 6.55. The molecule has 2 aromatic rings. The van der Waals surface area contributed by atoms with Gasteiger partial charge in [-0.1, -0.05) is 0 Å². The van der Waals surface area contributed by atoms with Crippen molar-refractivity contribution >= 4 is 5.78 Å². The SMILES string of the molecule is Cn1cc(C(N)C(=O)c2nccn2C)cn1. The van der Waals surface area contributed by atoms with Crippen molar-refractivity contribution in [2.45, 2.75) is 6.04 Å². The molecule has 2 heterocycles. The van der Waals surface area contributed by atoms with Crippen LogP contribution in [0, 0.1) is 0 Å². The van der Waals surface area contributed by atoms with Gasteiger partial charge in [-0.2, -0.15) is 5.10 Å². The van der Waals surface area contributed by atoms with Crippen LogP contribution in [-0.2, 0) is 14.1 Å². The Morgan fingerprint density at radius 3 is 2.75 bits per heavy atom. The van der Waals surface area contributed by atoms with Crippen LogP contribution >= 0.6 is 0 Å². The number of nitrogens with zero attached hydrogens (tertiary/aromatic N) is 4. The van der Waals surface area contributed by atoms with E-state index in [0.717, 1.165) is 0 Å². The summed E-state index contributed by atoms with van der Waals surface area (Å²) in [6, 6.07) is -0.713. The predicted octanol–water partition coefficient (Wildman–Crippen LogP) is 0.0363. The van der Waals surface area contributed by atoms with Crippen molar-refractivity contribution in [3.8, 4) is 0 Å². The number of Topliss-reactive ketones (excluding diaryl/α,β-unsaturated/α-hetero) is 1. The minimum absolute atomic E-state index is 0.208. The lowest BCUT2D eigenvalue weighted by molar-refractivity contribution is 0.0948. The molecule has 2 aromatic heterocycles. The van der Waals surface area contributed by atoms with E-state index in [0.29, 0.717) is 11.4 Å². The van der Waals surface area contributed by atoms with Crippen LogP contribution in [-0.4, -0.2) is 25.1 Å². The Balaban J connectivity index is 2.26. The summed E-state index contributed by atoms with van der Waals surface area (Å²) in [5, 5.41) is 3.98. The van der Waals surface area contributed by atoms with Gasteiger partial charge in [0.15, 0.2) is 5.82 Å². The number of carbonyl (C=O) groups excluding carboxylic acids is 1. The first-order valence-corrected chi connectivity index (χ1v) is 4.85. The second kappa shape index (κ2) is 3.90. The average molecular weight is 219 g/mol. The molecule has 0 aliphatic carbocycles. The third kappa shape index (κ3) is 1.74. The Hall–Kier alpha value is -1.95. The molecule has 0 fully saturated rings. The van der Waals surface area contributed by atoms with Gasteiger partial charge in [0.05, 0.1) is 6.20 Å². The fourth-order valence-electron chi connectivity index (χ4n) is 1.49. The number of carbonyl (C=O) groups is 1. The molecule has 0 saturated carbocycles. The normalized spacial score (nSPS) is 12.7. The fourth-order valence-corrected chi connectivity index (χ4v) is 1.49. The first-order chi connectivity index (χ1) is 7.59. The van der Waals surface area contributed by atoms with Crippen molar-refractivity contribution in [3.05, 3.63) is 36.2 Å². The molecule has 0 aliphatic rings. The maximum Gasteiger partial charge on any atom is 0.219 e. The topological polar surface area (TPSA) is 78.7 Å². The van der Waals surface area contributed by atoms with E-state index < -0.39 is 6.04 Å². The van der Waals surface area contributed by atoms with E-state index in [1.54, 1.807) is 48.1 Å². The highest BCUT2D eigenvalue weighted by atomic mass is 16.1. The Labute approximate surface area is 92.7 Å². The van der Waals surface area contributed by atoms with Crippen molar-refractivity contribution in [2.75, 3.05) is 0 Å². The van der Waals surface area contributed by atoms with Crippen molar-refractivity contribution in [2.24, 2.45) is 19.8 Å². The fraction of sp³-hybridized carbons (Fsp3) is 0.300. The molecule has 0 saturated heterocycles. The van der Waals surface area contributed by atoms with Crippen LogP contribution < -0.4 is 5.73 Å². The monoisotopic (exact) mass is 219 g/mol. The zero-order valence-corrected chi connectivity index (χ0v) is 9.16. The van der Waals surface area contributed by atoms with Gasteiger partial charge in [0.1, 0.15) is 6.04 Å². The zero-order chi connectivity index (χ0) is 11.7. The lowest BCUT2D eigenvalue weighted by atomic mass is 10.1. The van der Waals surface area contributed by atoms with E-state index in [1.807, 2.05) is 0 Å². The van der Waals surface area contributed by atoms with Crippen molar-refractivity contribution < 1.29 is 4.79 Å². The highest BCUT2D eigenvalue weighted by Gasteiger charge is 2.22. The van der Waals surface area contributed by atoms with Gasteiger partial charge in [-0.3, -0.25) is 9.48 Å². The van der Waals surface area contributed by atoms with Crippen LogP contribution in [0.15, 0.2) is 24.8 Å². The van der Waals surface area contributed by atoms with Crippen LogP contribution in [0.2, 0.25) is 0 Å². The van der Waals surface area contributed by atoms with E-state index in [2.05, 4.69) is 10.1 Å². The number of imidazole rings is 1. The van der Waals surface area contributed by atoms with E-state index >= 15 is 0 Å². The number of rotatable bonds is 3. The van der Waals surface area contributed by atoms with E-state index in [9.17, 15) is 4.79 Å². The largest absolute Gasteiger partial charge is 0.332 e. The highest BCUT2D eigenvalue weighted by Crippen LogP contribution is 2.13. The zero-order valence-electron chi connectivity index (χ0n) is 9.16. The third-order valence-corrected chi connectivity index (χ3v) is 2.41. The van der Waals surface area contributed by atoms with Gasteiger partial charge in [-0.15, -0.1) is 0 Å². The second-order valence-electron chi connectivity index (χ2n) is 3.65. The number of hydrogen-bond donors (Lipinski definition) is 1. The molecule has 84 valence electrons. The Kier molecular flexibility index (Phi) is 2.57. The lowest BCUT2D eigenvalue weighted by Crippen LogP contribution is -2.23. The van der Waals surface area contributed by atoms with E-state index in [-0.39, 0.29) is 5.78 Å². The van der Waals surface area contributed by atoms with Crippen molar-refractivity contribution in [1.29, 1.82) is 0 Å². The van der Waals surface area contributed by atoms with Gasteiger partial charge in [0.25, 0.3) is 0 Å². The third-order valence-electron chi connectivity index (χ3n) is 2.41. The molecule has 0 aliphatic heterocycles. The van der Waals surface area contributed by atoms with E-state index in [4.69, 9.17) is 5.73 Å². The standard InChI is InChI=1S/C10H13N5O/c1-14-4-3-12-10(14)9(16)8(11)7-5-13-15(2)6-7/h3-6,8H,11H2,1-2H3. The molecule has 2 N–H and O–H groups in total. The van der Waals surface area contributed by atoms with Gasteiger partial charge in [0.2, 0.25) is 5.78 Å². The second-order valence-corrected chi connectivity index (χ2v) is 3.65. The molecule has 0 radical (unpaired) electrons. The van der Waals surface area contributed by atoms with Gasteiger partial charge in [-0.25, -0.2) is 4.98 Å². The number of nitrogens with two attached hydrogens (primary N) is 1. The first-order valence-electron chi connectivity index (χ1n) is 4.85. The van der Waals surface area contributed by atoms with Gasteiger partial charge >= 0.3 is 0 Å². The molecule has 1 atom stereocenters.